The number of benzene rings is 2. The van der Waals surface area contributed by atoms with Crippen molar-refractivity contribution in [2.75, 3.05) is 32.7 Å². The standard InChI is InChI=1S/C32H39F4N3O3/c1-20-24(10-7-11-26(20)33)27-25(29(41)21-8-6-9-23(40)18-21)19-39(17-3-2-14-37-22-12-13-22)30(32(34,35)36)28(27)31(42)38-15-4-5-16-38/h6-11,18,22,25,27-28,30,37,40H,2-5,12-17,19H2,1H3/t25-,27+,28-,30-/m0/s1. The molecule has 0 spiro atoms. The van der Waals surface area contributed by atoms with Gasteiger partial charge in [-0.25, -0.2) is 4.39 Å². The number of Topliss-reactive ketones (excluding diaryl/α,β-unsaturated/α-hetero) is 1. The molecule has 0 unspecified atom stereocenters. The number of piperidine rings is 1. The van der Waals surface area contributed by atoms with Crippen LogP contribution in [-0.4, -0.2) is 77.6 Å². The van der Waals surface area contributed by atoms with Gasteiger partial charge in [-0.2, -0.15) is 13.2 Å². The molecule has 2 aliphatic heterocycles. The van der Waals surface area contributed by atoms with Crippen LogP contribution in [0.3, 0.4) is 0 Å². The lowest BCUT2D eigenvalue weighted by atomic mass is 9.66. The lowest BCUT2D eigenvalue weighted by molar-refractivity contribution is -0.214. The smallest absolute Gasteiger partial charge is 0.404 e. The van der Waals surface area contributed by atoms with Gasteiger partial charge in [0, 0.05) is 43.1 Å². The molecule has 3 aliphatic rings. The van der Waals surface area contributed by atoms with E-state index in [1.807, 2.05) is 0 Å². The van der Waals surface area contributed by atoms with Crippen LogP contribution >= 0.6 is 0 Å². The number of aromatic hydroxyl groups is 1. The molecule has 0 radical (unpaired) electrons. The minimum atomic E-state index is -4.76. The Balaban J connectivity index is 1.59. The largest absolute Gasteiger partial charge is 0.508 e. The molecule has 1 aliphatic carbocycles. The third-order valence-corrected chi connectivity index (χ3v) is 9.04. The van der Waals surface area contributed by atoms with Gasteiger partial charge in [0.15, 0.2) is 5.78 Å². The van der Waals surface area contributed by atoms with Crippen molar-refractivity contribution in [3.05, 3.63) is 65.0 Å². The van der Waals surface area contributed by atoms with Crippen LogP contribution in [0.2, 0.25) is 0 Å². The van der Waals surface area contributed by atoms with E-state index in [4.69, 9.17) is 0 Å². The molecule has 6 nitrogen and oxygen atoms in total. The number of carbonyl (C=O) groups excluding carboxylic acids is 2. The van der Waals surface area contributed by atoms with Crippen molar-refractivity contribution in [1.29, 1.82) is 0 Å². The summed E-state index contributed by atoms with van der Waals surface area (Å²) < 4.78 is 60.3. The summed E-state index contributed by atoms with van der Waals surface area (Å²) in [6.07, 6.45) is -0.00669. The minimum Gasteiger partial charge on any atom is -0.508 e. The van der Waals surface area contributed by atoms with Gasteiger partial charge in [-0.15, -0.1) is 0 Å². The highest BCUT2D eigenvalue weighted by Crippen LogP contribution is 2.49. The van der Waals surface area contributed by atoms with E-state index in [1.54, 1.807) is 6.07 Å². The maximum Gasteiger partial charge on any atom is 0.404 e. The van der Waals surface area contributed by atoms with Crippen LogP contribution in [0.25, 0.3) is 0 Å². The number of nitrogens with zero attached hydrogens (tertiary/aromatic N) is 2. The maximum atomic E-state index is 15.1. The van der Waals surface area contributed by atoms with E-state index < -0.39 is 47.5 Å². The summed E-state index contributed by atoms with van der Waals surface area (Å²) in [6, 6.07) is 8.28. The van der Waals surface area contributed by atoms with Crippen molar-refractivity contribution >= 4 is 11.7 Å². The predicted molar refractivity (Wildman–Crippen MR) is 151 cm³/mol. The van der Waals surface area contributed by atoms with Crippen LogP contribution in [0.1, 0.15) is 65.9 Å². The molecule has 4 atom stereocenters. The molecule has 0 aromatic heterocycles. The normalized spacial score (nSPS) is 25.1. The Labute approximate surface area is 244 Å². The highest BCUT2D eigenvalue weighted by atomic mass is 19.4. The number of hydrogen-bond acceptors (Lipinski definition) is 5. The Bertz CT molecular complexity index is 1280. The van der Waals surface area contributed by atoms with Gasteiger partial charge in [-0.05, 0) is 87.9 Å². The van der Waals surface area contributed by atoms with Crippen LogP contribution < -0.4 is 5.32 Å². The monoisotopic (exact) mass is 589 g/mol. The third kappa shape index (κ3) is 6.64. The topological polar surface area (TPSA) is 72.9 Å². The Kier molecular flexibility index (Phi) is 9.23. The van der Waals surface area contributed by atoms with Gasteiger partial charge in [0.1, 0.15) is 17.6 Å². The zero-order valence-electron chi connectivity index (χ0n) is 23.9. The quantitative estimate of drug-likeness (QED) is 0.220. The highest BCUT2D eigenvalue weighted by Gasteiger charge is 2.60. The highest BCUT2D eigenvalue weighted by molar-refractivity contribution is 5.99. The van der Waals surface area contributed by atoms with Crippen molar-refractivity contribution in [2.24, 2.45) is 11.8 Å². The number of phenolic OH excluding ortho intramolecular Hbond substituents is 1. The van der Waals surface area contributed by atoms with Gasteiger partial charge >= 0.3 is 6.18 Å². The summed E-state index contributed by atoms with van der Waals surface area (Å²) in [7, 11) is 0. The van der Waals surface area contributed by atoms with Crippen molar-refractivity contribution in [3.63, 3.8) is 0 Å². The fourth-order valence-corrected chi connectivity index (χ4v) is 6.78. The van der Waals surface area contributed by atoms with Gasteiger partial charge in [-0.1, -0.05) is 24.3 Å². The summed E-state index contributed by atoms with van der Waals surface area (Å²) >= 11 is 0. The van der Waals surface area contributed by atoms with Crippen LogP contribution in [0.5, 0.6) is 5.75 Å². The van der Waals surface area contributed by atoms with Crippen LogP contribution in [0.4, 0.5) is 17.6 Å². The van der Waals surface area contributed by atoms with Crippen molar-refractivity contribution in [2.45, 2.75) is 69.6 Å². The van der Waals surface area contributed by atoms with Gasteiger partial charge in [0.2, 0.25) is 5.91 Å². The second kappa shape index (κ2) is 12.7. The molecule has 3 fully saturated rings. The van der Waals surface area contributed by atoms with E-state index >= 15 is 13.2 Å². The molecule has 2 aromatic rings. The summed E-state index contributed by atoms with van der Waals surface area (Å²) in [6.45, 7) is 2.72. The molecule has 2 aromatic carbocycles. The van der Waals surface area contributed by atoms with Crippen LogP contribution in [0.15, 0.2) is 42.5 Å². The maximum absolute atomic E-state index is 15.1. The number of carbonyl (C=O) groups is 2. The summed E-state index contributed by atoms with van der Waals surface area (Å²) in [5, 5.41) is 13.5. The number of ketones is 1. The lowest BCUT2D eigenvalue weighted by Crippen LogP contribution is -2.63. The molecule has 42 heavy (non-hydrogen) atoms. The number of rotatable bonds is 10. The number of nitrogens with one attached hydrogen (secondary N) is 1. The molecule has 1 amide bonds. The van der Waals surface area contributed by atoms with Gasteiger partial charge in [0.05, 0.1) is 5.92 Å². The first-order chi connectivity index (χ1) is 20.1. The molecule has 2 heterocycles. The van der Waals surface area contributed by atoms with Crippen LogP contribution in [-0.2, 0) is 4.79 Å². The van der Waals surface area contributed by atoms with Gasteiger partial charge < -0.3 is 15.3 Å². The Hall–Kier alpha value is -2.98. The Morgan fingerprint density at radius 3 is 2.43 bits per heavy atom. The summed E-state index contributed by atoms with van der Waals surface area (Å²) in [5.74, 6) is -5.76. The number of unbranched alkanes of at least 4 members (excludes halogenated alkanes) is 1. The van der Waals surface area contributed by atoms with Crippen LogP contribution in [0, 0.1) is 24.6 Å². The molecule has 1 saturated carbocycles. The molecule has 2 saturated heterocycles. The molecular weight excluding hydrogens is 550 g/mol. The Morgan fingerprint density at radius 1 is 1.05 bits per heavy atom. The number of likely N-dealkylation sites (tertiary alicyclic amines) is 2. The van der Waals surface area contributed by atoms with Crippen molar-refractivity contribution < 1.29 is 32.3 Å². The average molecular weight is 590 g/mol. The fourth-order valence-electron chi connectivity index (χ4n) is 6.78. The first kappa shape index (κ1) is 30.5. The molecule has 228 valence electrons. The second-order valence-corrected chi connectivity index (χ2v) is 12.0. The zero-order chi connectivity index (χ0) is 30.0. The summed E-state index contributed by atoms with van der Waals surface area (Å²) in [5.41, 5.74) is 0.523. The first-order valence-electron chi connectivity index (χ1n) is 15.0. The molecule has 5 rings (SSSR count). The van der Waals surface area contributed by atoms with E-state index in [0.29, 0.717) is 51.4 Å². The van der Waals surface area contributed by atoms with Gasteiger partial charge in [-0.3, -0.25) is 14.5 Å². The molecule has 2 N–H and O–H groups in total. The zero-order valence-corrected chi connectivity index (χ0v) is 23.9. The Morgan fingerprint density at radius 2 is 1.76 bits per heavy atom. The number of halogens is 4. The predicted octanol–water partition coefficient (Wildman–Crippen LogP) is 5.44. The van der Waals surface area contributed by atoms with Crippen molar-refractivity contribution in [3.8, 4) is 5.75 Å². The number of phenols is 1. The molecular formula is C32H39F4N3O3. The van der Waals surface area contributed by atoms with Gasteiger partial charge in [0.25, 0.3) is 0 Å². The fraction of sp³-hybridized carbons (Fsp3) is 0.562. The van der Waals surface area contributed by atoms with E-state index in [0.717, 1.165) is 12.8 Å². The van der Waals surface area contributed by atoms with Crippen molar-refractivity contribution in [1.82, 2.24) is 15.1 Å². The van der Waals surface area contributed by atoms with E-state index in [1.165, 1.54) is 53.1 Å². The number of hydrogen-bond donors (Lipinski definition) is 2. The minimum absolute atomic E-state index is 0.0684. The average Bonchev–Trinajstić information content (AvgIpc) is 3.61. The molecule has 0 bridgehead atoms. The van der Waals surface area contributed by atoms with E-state index in [2.05, 4.69) is 5.32 Å². The first-order valence-corrected chi connectivity index (χ1v) is 15.0. The third-order valence-electron chi connectivity index (χ3n) is 9.04. The SMILES string of the molecule is Cc1c(F)cccc1[C@H]1[C@H](C(=O)N2CCCC2)[C@@H](C(F)(F)F)N(CCCCNC2CC2)C[C@@H]1C(=O)c1cccc(O)c1. The number of amides is 1. The number of alkyl halides is 3. The van der Waals surface area contributed by atoms with E-state index in [-0.39, 0.29) is 35.5 Å². The van der Waals surface area contributed by atoms with E-state index in [9.17, 15) is 19.1 Å². The second-order valence-electron chi connectivity index (χ2n) is 12.0. The lowest BCUT2D eigenvalue weighted by Gasteiger charge is -2.50. The molecule has 10 heteroatoms. The summed E-state index contributed by atoms with van der Waals surface area (Å²) in [4.78, 5) is 31.0.